The Morgan fingerprint density at radius 2 is 2.15 bits per heavy atom. The van der Waals surface area contributed by atoms with E-state index in [0.717, 1.165) is 15.7 Å². The lowest BCUT2D eigenvalue weighted by molar-refractivity contribution is 0.0930. The average Bonchev–Trinajstić information content (AvgIpc) is 3.15. The molecule has 1 aromatic heterocycles. The Hall–Kier alpha value is -1.55. The maximum Gasteiger partial charge on any atom is 0.268 e. The highest BCUT2D eigenvalue weighted by Crippen LogP contribution is 2.36. The monoisotopic (exact) mass is 332 g/mol. The topological polar surface area (TPSA) is 34.0 Å². The van der Waals surface area contributed by atoms with Crippen LogP contribution in [0.25, 0.3) is 0 Å². The number of hydrogen-bond donors (Lipinski definition) is 1. The van der Waals surface area contributed by atoms with Crippen molar-refractivity contribution in [1.29, 1.82) is 0 Å². The van der Waals surface area contributed by atoms with E-state index in [9.17, 15) is 4.79 Å². The number of aromatic nitrogens is 1. The normalized spacial score (nSPS) is 15.9. The van der Waals surface area contributed by atoms with E-state index in [1.165, 1.54) is 12.8 Å². The number of carbonyl (C=O) groups excluding carboxylic acids is 1. The van der Waals surface area contributed by atoms with Crippen LogP contribution in [0.3, 0.4) is 0 Å². The fourth-order valence-electron chi connectivity index (χ4n) is 2.39. The van der Waals surface area contributed by atoms with Gasteiger partial charge in [0.15, 0.2) is 0 Å². The third-order valence-corrected chi connectivity index (χ3v) is 4.14. The molecule has 1 aliphatic rings. The number of amides is 1. The first-order valence-electron chi connectivity index (χ1n) is 6.88. The fourth-order valence-corrected chi connectivity index (χ4v) is 2.80. The zero-order valence-electron chi connectivity index (χ0n) is 11.3. The Bertz CT molecular complexity index is 631. The summed E-state index contributed by atoms with van der Waals surface area (Å²) in [5.74, 6) is -0.00521. The van der Waals surface area contributed by atoms with Gasteiger partial charge in [-0.1, -0.05) is 28.1 Å². The second-order valence-corrected chi connectivity index (χ2v) is 6.20. The summed E-state index contributed by atoms with van der Waals surface area (Å²) in [5.41, 5.74) is 1.85. The smallest absolute Gasteiger partial charge is 0.268 e. The lowest BCUT2D eigenvalue weighted by Crippen LogP contribution is -2.28. The molecule has 0 bridgehead atoms. The predicted octanol–water partition coefficient (Wildman–Crippen LogP) is 4.08. The highest BCUT2D eigenvalue weighted by Gasteiger charge is 2.27. The van der Waals surface area contributed by atoms with E-state index in [4.69, 9.17) is 0 Å². The van der Waals surface area contributed by atoms with E-state index in [1.54, 1.807) is 0 Å². The molecular weight excluding hydrogens is 316 g/mol. The molecule has 0 spiro atoms. The molecule has 1 unspecified atom stereocenters. The molecule has 2 aromatic rings. The zero-order chi connectivity index (χ0) is 14.1. The first-order chi connectivity index (χ1) is 9.65. The van der Waals surface area contributed by atoms with Crippen molar-refractivity contribution < 1.29 is 4.79 Å². The summed E-state index contributed by atoms with van der Waals surface area (Å²) in [6.45, 7) is 2.00. The minimum Gasteiger partial charge on any atom is -0.344 e. The fraction of sp³-hybridized carbons (Fsp3) is 0.312. The molecule has 1 saturated carbocycles. The van der Waals surface area contributed by atoms with Crippen LogP contribution in [0.1, 0.15) is 47.9 Å². The van der Waals surface area contributed by atoms with Gasteiger partial charge in [-0.05, 0) is 49.6 Å². The van der Waals surface area contributed by atoms with Gasteiger partial charge in [0.1, 0.15) is 5.69 Å². The van der Waals surface area contributed by atoms with Crippen LogP contribution < -0.4 is 5.32 Å². The Balaban J connectivity index is 1.73. The molecule has 0 saturated heterocycles. The quantitative estimate of drug-likeness (QED) is 0.899. The van der Waals surface area contributed by atoms with Gasteiger partial charge in [-0.15, -0.1) is 0 Å². The number of carbonyl (C=O) groups is 1. The average molecular weight is 333 g/mol. The van der Waals surface area contributed by atoms with Crippen LogP contribution in [0.2, 0.25) is 0 Å². The Labute approximate surface area is 127 Å². The summed E-state index contributed by atoms with van der Waals surface area (Å²) < 4.78 is 3.11. The molecule has 1 N–H and O–H groups in total. The maximum atomic E-state index is 12.4. The second-order valence-electron chi connectivity index (χ2n) is 5.28. The summed E-state index contributed by atoms with van der Waals surface area (Å²) in [6.07, 6.45) is 4.35. The number of nitrogens with zero attached hydrogens (tertiary/aromatic N) is 1. The van der Waals surface area contributed by atoms with Gasteiger partial charge >= 0.3 is 0 Å². The summed E-state index contributed by atoms with van der Waals surface area (Å²) >= 11 is 3.46. The molecule has 104 valence electrons. The summed E-state index contributed by atoms with van der Waals surface area (Å²) in [6, 6.07) is 12.4. The van der Waals surface area contributed by atoms with E-state index in [2.05, 4.69) is 25.8 Å². The molecule has 1 amide bonds. The highest BCUT2D eigenvalue weighted by molar-refractivity contribution is 9.10. The van der Waals surface area contributed by atoms with Crippen molar-refractivity contribution in [1.82, 2.24) is 9.88 Å². The van der Waals surface area contributed by atoms with Crippen molar-refractivity contribution in [2.75, 3.05) is 0 Å². The van der Waals surface area contributed by atoms with Crippen molar-refractivity contribution in [3.63, 3.8) is 0 Å². The summed E-state index contributed by atoms with van der Waals surface area (Å²) in [7, 11) is 0. The van der Waals surface area contributed by atoms with Gasteiger partial charge in [0.05, 0.1) is 6.04 Å². The molecule has 1 fully saturated rings. The van der Waals surface area contributed by atoms with Crippen molar-refractivity contribution in [3.05, 3.63) is 58.3 Å². The van der Waals surface area contributed by atoms with Crippen LogP contribution in [-0.2, 0) is 0 Å². The molecular formula is C16H17BrN2O. The van der Waals surface area contributed by atoms with Crippen LogP contribution in [0, 0.1) is 0 Å². The first kappa shape index (κ1) is 13.4. The third kappa shape index (κ3) is 2.80. The second kappa shape index (κ2) is 5.44. The van der Waals surface area contributed by atoms with Crippen molar-refractivity contribution in [3.8, 4) is 0 Å². The van der Waals surface area contributed by atoms with Crippen molar-refractivity contribution >= 4 is 21.8 Å². The number of hydrogen-bond acceptors (Lipinski definition) is 1. The minimum absolute atomic E-state index is 0.00521. The third-order valence-electron chi connectivity index (χ3n) is 3.65. The molecule has 4 heteroatoms. The standard InChI is InChI=1S/C16H17BrN2O/c1-11(12-4-2-5-13(17)10-12)18-16(20)15-6-3-9-19(15)14-7-8-14/h2-6,9-11,14H,7-8H2,1H3,(H,18,20). The highest BCUT2D eigenvalue weighted by atomic mass is 79.9. The van der Waals surface area contributed by atoms with Gasteiger partial charge in [0.2, 0.25) is 0 Å². The van der Waals surface area contributed by atoms with Crippen molar-refractivity contribution in [2.24, 2.45) is 0 Å². The van der Waals surface area contributed by atoms with Crippen LogP contribution >= 0.6 is 15.9 Å². The molecule has 0 radical (unpaired) electrons. The largest absolute Gasteiger partial charge is 0.344 e. The van der Waals surface area contributed by atoms with E-state index < -0.39 is 0 Å². The zero-order valence-corrected chi connectivity index (χ0v) is 12.9. The Kier molecular flexibility index (Phi) is 3.66. The summed E-state index contributed by atoms with van der Waals surface area (Å²) in [4.78, 5) is 12.4. The van der Waals surface area contributed by atoms with Crippen LogP contribution in [0.4, 0.5) is 0 Å². The lowest BCUT2D eigenvalue weighted by atomic mass is 10.1. The Morgan fingerprint density at radius 1 is 1.35 bits per heavy atom. The molecule has 3 rings (SSSR count). The van der Waals surface area contributed by atoms with Crippen molar-refractivity contribution in [2.45, 2.75) is 31.8 Å². The number of nitrogens with one attached hydrogen (secondary N) is 1. The van der Waals surface area contributed by atoms with Crippen LogP contribution in [0.5, 0.6) is 0 Å². The molecule has 1 atom stereocenters. The number of rotatable bonds is 4. The molecule has 1 aliphatic carbocycles. The van der Waals surface area contributed by atoms with Gasteiger partial charge in [0.25, 0.3) is 5.91 Å². The summed E-state index contributed by atoms with van der Waals surface area (Å²) in [5, 5.41) is 3.07. The van der Waals surface area contributed by atoms with Gasteiger partial charge in [0, 0.05) is 16.7 Å². The molecule has 3 nitrogen and oxygen atoms in total. The lowest BCUT2D eigenvalue weighted by Gasteiger charge is -2.15. The minimum atomic E-state index is -0.0115. The number of halogens is 1. The van der Waals surface area contributed by atoms with Crippen LogP contribution in [0.15, 0.2) is 47.1 Å². The van der Waals surface area contributed by atoms with E-state index >= 15 is 0 Å². The molecule has 1 heterocycles. The van der Waals surface area contributed by atoms with E-state index in [-0.39, 0.29) is 11.9 Å². The molecule has 20 heavy (non-hydrogen) atoms. The van der Waals surface area contributed by atoms with Gasteiger partial charge < -0.3 is 9.88 Å². The maximum absolute atomic E-state index is 12.4. The van der Waals surface area contributed by atoms with Crippen LogP contribution in [-0.4, -0.2) is 10.5 Å². The van der Waals surface area contributed by atoms with Gasteiger partial charge in [-0.25, -0.2) is 0 Å². The predicted molar refractivity (Wildman–Crippen MR) is 82.7 cm³/mol. The molecule has 1 aromatic carbocycles. The number of benzene rings is 1. The SMILES string of the molecule is CC(NC(=O)c1cccn1C1CC1)c1cccc(Br)c1. The Morgan fingerprint density at radius 3 is 2.85 bits per heavy atom. The van der Waals surface area contributed by atoms with Gasteiger partial charge in [-0.2, -0.15) is 0 Å². The van der Waals surface area contributed by atoms with E-state index in [1.807, 2.05) is 49.5 Å². The first-order valence-corrected chi connectivity index (χ1v) is 7.67. The van der Waals surface area contributed by atoms with Gasteiger partial charge in [-0.3, -0.25) is 4.79 Å². The molecule has 0 aliphatic heterocycles. The van der Waals surface area contributed by atoms with E-state index in [0.29, 0.717) is 6.04 Å².